The molecule has 0 aliphatic carbocycles. The van der Waals surface area contributed by atoms with Gasteiger partial charge in [0, 0.05) is 6.54 Å². The summed E-state index contributed by atoms with van der Waals surface area (Å²) in [7, 11) is 0. The summed E-state index contributed by atoms with van der Waals surface area (Å²) in [4.78, 5) is 9.21. The van der Waals surface area contributed by atoms with E-state index >= 15 is 0 Å². The number of rotatable bonds is 5. The van der Waals surface area contributed by atoms with Crippen molar-refractivity contribution < 1.29 is 5.11 Å². The average molecular weight is 432 g/mol. The first-order valence-corrected chi connectivity index (χ1v) is 10.1. The van der Waals surface area contributed by atoms with E-state index in [0.29, 0.717) is 46.0 Å². The zero-order valence-electron chi connectivity index (χ0n) is 16.6. The molecule has 2 N–H and O–H groups in total. The number of imidazole rings is 1. The molecule has 5 aromatic rings. The number of H-pyrrole nitrogens is 1. The summed E-state index contributed by atoms with van der Waals surface area (Å²) >= 11 is 6.40. The van der Waals surface area contributed by atoms with Gasteiger partial charge in [-0.2, -0.15) is 5.21 Å². The van der Waals surface area contributed by atoms with Crippen LogP contribution in [-0.4, -0.2) is 40.3 Å². The second-order valence-electron chi connectivity index (χ2n) is 7.03. The number of aromatic nitrogens is 7. The molecule has 9 heteroatoms. The lowest BCUT2D eigenvalue weighted by molar-refractivity contribution is 0.112. The van der Waals surface area contributed by atoms with E-state index in [2.05, 4.69) is 25.6 Å². The summed E-state index contributed by atoms with van der Waals surface area (Å²) in [6.07, 6.45) is 0. The fraction of sp³-hybridized carbons (Fsp3) is 0.136. The van der Waals surface area contributed by atoms with Gasteiger partial charge < -0.3 is 9.67 Å². The molecule has 0 fully saturated rings. The van der Waals surface area contributed by atoms with Gasteiger partial charge in [-0.25, -0.2) is 9.97 Å². The SMILES string of the molecule is CCn1c(C(O)(c2ccccc2)c2ccccc2)nc2nc(Cl)c(-c3nn[nH]n3)cc21. The largest absolute Gasteiger partial charge is 0.373 e. The number of nitrogens with one attached hydrogen (secondary N) is 1. The number of aliphatic hydroxyl groups is 1. The van der Waals surface area contributed by atoms with Gasteiger partial charge >= 0.3 is 0 Å². The number of halogens is 1. The van der Waals surface area contributed by atoms with Crippen molar-refractivity contribution in [2.45, 2.75) is 19.1 Å². The highest BCUT2D eigenvalue weighted by molar-refractivity contribution is 6.32. The molecular formula is C22H18ClN7O. The van der Waals surface area contributed by atoms with Crippen LogP contribution in [0, 0.1) is 0 Å². The lowest BCUT2D eigenvalue weighted by Gasteiger charge is -2.29. The minimum absolute atomic E-state index is 0.212. The highest BCUT2D eigenvalue weighted by Gasteiger charge is 2.39. The van der Waals surface area contributed by atoms with E-state index in [1.807, 2.05) is 78.2 Å². The van der Waals surface area contributed by atoms with Crippen molar-refractivity contribution in [3.63, 3.8) is 0 Å². The van der Waals surface area contributed by atoms with Gasteiger partial charge in [-0.15, -0.1) is 10.2 Å². The first-order chi connectivity index (χ1) is 15.1. The van der Waals surface area contributed by atoms with Crippen molar-refractivity contribution in [3.05, 3.63) is 88.8 Å². The van der Waals surface area contributed by atoms with E-state index in [1.165, 1.54) is 0 Å². The molecule has 0 saturated carbocycles. The molecule has 0 aliphatic heterocycles. The fourth-order valence-corrected chi connectivity index (χ4v) is 4.06. The van der Waals surface area contributed by atoms with Crippen LogP contribution in [0.4, 0.5) is 0 Å². The second kappa shape index (κ2) is 7.57. The number of hydrogen-bond acceptors (Lipinski definition) is 6. The molecule has 3 heterocycles. The van der Waals surface area contributed by atoms with Gasteiger partial charge in [0.1, 0.15) is 5.15 Å². The zero-order chi connectivity index (χ0) is 21.4. The van der Waals surface area contributed by atoms with E-state index < -0.39 is 5.60 Å². The van der Waals surface area contributed by atoms with Crippen LogP contribution in [0.1, 0.15) is 23.9 Å². The number of tetrazole rings is 1. The first kappa shape index (κ1) is 19.3. The summed E-state index contributed by atoms with van der Waals surface area (Å²) < 4.78 is 1.93. The van der Waals surface area contributed by atoms with Crippen molar-refractivity contribution >= 4 is 22.8 Å². The Hall–Kier alpha value is -3.62. The predicted octanol–water partition coefficient (Wildman–Crippen LogP) is 3.57. The fourth-order valence-electron chi connectivity index (χ4n) is 3.84. The minimum atomic E-state index is -1.49. The Balaban J connectivity index is 1.81. The monoisotopic (exact) mass is 431 g/mol. The van der Waals surface area contributed by atoms with Crippen molar-refractivity contribution in [1.82, 2.24) is 35.2 Å². The molecule has 3 aromatic heterocycles. The molecule has 2 aromatic carbocycles. The third-order valence-electron chi connectivity index (χ3n) is 5.30. The quantitative estimate of drug-likeness (QED) is 0.412. The standard InChI is InChI=1S/C22H18ClN7O/c1-2-30-17-13-16(19-26-28-29-27-19)18(23)24-20(17)25-21(30)22(31,14-9-5-3-6-10-14)15-11-7-4-8-12-15/h3-13,31H,2H2,1H3,(H,26,27,28,29). The Morgan fingerprint density at radius 3 is 2.19 bits per heavy atom. The summed E-state index contributed by atoms with van der Waals surface area (Å²) in [5, 5.41) is 26.4. The highest BCUT2D eigenvalue weighted by atomic mass is 35.5. The van der Waals surface area contributed by atoms with E-state index in [9.17, 15) is 5.11 Å². The van der Waals surface area contributed by atoms with Gasteiger partial charge in [0.2, 0.25) is 5.82 Å². The van der Waals surface area contributed by atoms with Crippen LogP contribution >= 0.6 is 11.6 Å². The van der Waals surface area contributed by atoms with E-state index in [0.717, 1.165) is 0 Å². The molecule has 0 unspecified atom stereocenters. The second-order valence-corrected chi connectivity index (χ2v) is 7.39. The molecule has 0 bridgehead atoms. The number of fused-ring (bicyclic) bond motifs is 1. The maximum absolute atomic E-state index is 12.2. The Labute approximate surface area is 182 Å². The minimum Gasteiger partial charge on any atom is -0.373 e. The smallest absolute Gasteiger partial charge is 0.207 e. The maximum Gasteiger partial charge on any atom is 0.207 e. The van der Waals surface area contributed by atoms with Gasteiger partial charge in [0.25, 0.3) is 0 Å². The van der Waals surface area contributed by atoms with Crippen molar-refractivity contribution in [2.24, 2.45) is 0 Å². The Bertz CT molecular complexity index is 1300. The number of aryl methyl sites for hydroxylation is 1. The van der Waals surface area contributed by atoms with Crippen LogP contribution in [0.15, 0.2) is 66.7 Å². The van der Waals surface area contributed by atoms with Crippen LogP contribution in [0.25, 0.3) is 22.6 Å². The molecule has 154 valence electrons. The van der Waals surface area contributed by atoms with Crippen molar-refractivity contribution in [1.29, 1.82) is 0 Å². The maximum atomic E-state index is 12.2. The number of nitrogens with zero attached hydrogens (tertiary/aromatic N) is 6. The summed E-state index contributed by atoms with van der Waals surface area (Å²) in [5.41, 5.74) is 1.60. The Morgan fingerprint density at radius 2 is 1.65 bits per heavy atom. The Morgan fingerprint density at radius 1 is 1.00 bits per heavy atom. The number of pyridine rings is 1. The summed E-state index contributed by atoms with van der Waals surface area (Å²) in [6.45, 7) is 2.55. The molecule has 0 amide bonds. The van der Waals surface area contributed by atoms with Gasteiger partial charge in [-0.3, -0.25) is 0 Å². The molecule has 0 radical (unpaired) electrons. The first-order valence-electron chi connectivity index (χ1n) is 9.77. The highest BCUT2D eigenvalue weighted by Crippen LogP contribution is 2.38. The third kappa shape index (κ3) is 3.08. The summed E-state index contributed by atoms with van der Waals surface area (Å²) in [6, 6.07) is 20.8. The van der Waals surface area contributed by atoms with Crippen molar-refractivity contribution in [2.75, 3.05) is 0 Å². The number of hydrogen-bond donors (Lipinski definition) is 2. The molecule has 0 atom stereocenters. The molecule has 31 heavy (non-hydrogen) atoms. The molecule has 5 rings (SSSR count). The van der Waals surface area contributed by atoms with Crippen LogP contribution in [0.3, 0.4) is 0 Å². The topological polar surface area (TPSA) is 105 Å². The van der Waals surface area contributed by atoms with E-state index in [1.54, 1.807) is 0 Å². The Kier molecular flexibility index (Phi) is 4.72. The third-order valence-corrected chi connectivity index (χ3v) is 5.59. The van der Waals surface area contributed by atoms with Crippen LogP contribution in [0.5, 0.6) is 0 Å². The van der Waals surface area contributed by atoms with Gasteiger partial charge in [0.15, 0.2) is 17.1 Å². The lowest BCUT2D eigenvalue weighted by Crippen LogP contribution is -2.32. The van der Waals surface area contributed by atoms with Gasteiger partial charge in [0.05, 0.1) is 11.1 Å². The van der Waals surface area contributed by atoms with Gasteiger partial charge in [-0.1, -0.05) is 72.3 Å². The van der Waals surface area contributed by atoms with Crippen LogP contribution in [-0.2, 0) is 12.1 Å². The molecule has 0 aliphatic rings. The number of benzene rings is 2. The van der Waals surface area contributed by atoms with E-state index in [-0.39, 0.29) is 5.15 Å². The average Bonchev–Trinajstić information content (AvgIpc) is 3.47. The van der Waals surface area contributed by atoms with Crippen molar-refractivity contribution in [3.8, 4) is 11.4 Å². The molecular weight excluding hydrogens is 414 g/mol. The van der Waals surface area contributed by atoms with Crippen LogP contribution < -0.4 is 0 Å². The lowest BCUT2D eigenvalue weighted by atomic mass is 9.85. The van der Waals surface area contributed by atoms with Gasteiger partial charge in [-0.05, 0) is 29.3 Å². The normalized spacial score (nSPS) is 11.8. The summed E-state index contributed by atoms with van der Waals surface area (Å²) in [5.74, 6) is 0.794. The molecule has 0 saturated heterocycles. The number of aromatic amines is 1. The molecule has 0 spiro atoms. The predicted molar refractivity (Wildman–Crippen MR) is 116 cm³/mol. The van der Waals surface area contributed by atoms with E-state index in [4.69, 9.17) is 16.6 Å². The zero-order valence-corrected chi connectivity index (χ0v) is 17.3. The molecule has 8 nitrogen and oxygen atoms in total. The van der Waals surface area contributed by atoms with Crippen LogP contribution in [0.2, 0.25) is 5.15 Å².